The quantitative estimate of drug-likeness (QED) is 0.167. The fraction of sp³-hybridized carbons (Fsp3) is 0.0847. The summed E-state index contributed by atoms with van der Waals surface area (Å²) in [6.45, 7) is 4.76. The Labute approximate surface area is 376 Å². The Bertz CT molecular complexity index is 3760. The van der Waals surface area contributed by atoms with Gasteiger partial charge in [0, 0.05) is 67.5 Å². The van der Waals surface area contributed by atoms with Gasteiger partial charge >= 0.3 is 0 Å². The van der Waals surface area contributed by atoms with Gasteiger partial charge in [-0.25, -0.2) is 19.9 Å². The summed E-state index contributed by atoms with van der Waals surface area (Å²) in [5.74, 6) is 3.34. The van der Waals surface area contributed by atoms with E-state index >= 15 is 0 Å². The summed E-state index contributed by atoms with van der Waals surface area (Å²) in [6, 6.07) is 58.4. The van der Waals surface area contributed by atoms with Gasteiger partial charge in [-0.15, -0.1) is 0 Å². The average Bonchev–Trinajstić information content (AvgIpc) is 3.95. The van der Waals surface area contributed by atoms with E-state index in [4.69, 9.17) is 19.9 Å². The molecule has 0 spiro atoms. The van der Waals surface area contributed by atoms with Crippen molar-refractivity contribution in [2.75, 3.05) is 0 Å². The molecule has 6 nitrogen and oxygen atoms in total. The Morgan fingerprint density at radius 3 is 1.51 bits per heavy atom. The van der Waals surface area contributed by atoms with E-state index in [1.165, 1.54) is 43.8 Å². The molecule has 13 rings (SSSR count). The fourth-order valence-corrected chi connectivity index (χ4v) is 10.6. The topological polar surface area (TPSA) is 61.4 Å². The molecule has 4 heterocycles. The van der Waals surface area contributed by atoms with Crippen molar-refractivity contribution in [3.8, 4) is 56.7 Å². The first-order valence-corrected chi connectivity index (χ1v) is 22.4. The molecule has 0 radical (unpaired) electrons. The molecule has 2 aliphatic rings. The minimum atomic E-state index is -0.334. The summed E-state index contributed by atoms with van der Waals surface area (Å²) in [7, 11) is 0. The molecule has 65 heavy (non-hydrogen) atoms. The first-order valence-electron chi connectivity index (χ1n) is 22.4. The minimum absolute atomic E-state index is 0.153. The highest BCUT2D eigenvalue weighted by Gasteiger charge is 2.38. The standard InChI is InChI=1S/C59H42N6/c1-59(2)49-33-53-45(41-27-15-17-29-51(41)64(53)57-47(37-19-7-3-8-20-37)35-60-55(62-57)39-23-11-5-12-24-39)31-43(49)44-32-46-42-28-16-18-30-52(42)65(54(46)34-50(44)59)58-48(38-21-9-4-10-22-38)36-61-56(63-58)40-25-13-6-14-26-40/h3-21,23-36,38H,22H2,1-2H3. The SMILES string of the molecule is CC1(C)c2cc3c(cc2-c2cc4c5ccccc5n(-c5nc(-c6ccccc6)ncc5C5C=CC=CC5)c4cc21)c1ccccc1n3-c1nc(-c2ccccc2)ncc1-c1ccccc1. The van der Waals surface area contributed by atoms with Crippen molar-refractivity contribution < 1.29 is 0 Å². The summed E-state index contributed by atoms with van der Waals surface area (Å²) in [5, 5.41) is 4.78. The van der Waals surface area contributed by atoms with Crippen LogP contribution >= 0.6 is 0 Å². The van der Waals surface area contributed by atoms with Crippen molar-refractivity contribution in [2.45, 2.75) is 31.6 Å². The van der Waals surface area contributed by atoms with Gasteiger partial charge in [0.15, 0.2) is 11.6 Å². The van der Waals surface area contributed by atoms with E-state index in [1.54, 1.807) is 0 Å². The molecule has 11 aromatic rings. The molecule has 4 aromatic heterocycles. The maximum Gasteiger partial charge on any atom is 0.161 e. The van der Waals surface area contributed by atoms with Gasteiger partial charge in [-0.3, -0.25) is 9.13 Å². The summed E-state index contributed by atoms with van der Waals surface area (Å²) in [5.41, 5.74) is 14.4. The van der Waals surface area contributed by atoms with Crippen LogP contribution in [0.2, 0.25) is 0 Å². The Balaban J connectivity index is 1.06. The average molecular weight is 835 g/mol. The summed E-state index contributed by atoms with van der Waals surface area (Å²) < 4.78 is 4.77. The Morgan fingerprint density at radius 1 is 0.462 bits per heavy atom. The second-order valence-electron chi connectivity index (χ2n) is 17.8. The van der Waals surface area contributed by atoms with Crippen LogP contribution in [-0.4, -0.2) is 29.1 Å². The van der Waals surface area contributed by atoms with Gasteiger partial charge in [0.05, 0.1) is 22.1 Å². The second-order valence-corrected chi connectivity index (χ2v) is 17.8. The molecule has 2 aliphatic carbocycles. The van der Waals surface area contributed by atoms with Crippen LogP contribution in [0.3, 0.4) is 0 Å². The normalized spacial score (nSPS) is 15.0. The van der Waals surface area contributed by atoms with E-state index < -0.39 is 0 Å². The van der Waals surface area contributed by atoms with E-state index in [0.29, 0.717) is 11.6 Å². The van der Waals surface area contributed by atoms with Gasteiger partial charge < -0.3 is 0 Å². The number of hydrogen-bond acceptors (Lipinski definition) is 4. The maximum absolute atomic E-state index is 5.46. The van der Waals surface area contributed by atoms with Crippen LogP contribution in [0.1, 0.15) is 42.9 Å². The van der Waals surface area contributed by atoms with Gasteiger partial charge in [0.2, 0.25) is 0 Å². The third-order valence-electron chi connectivity index (χ3n) is 13.8. The highest BCUT2D eigenvalue weighted by Crippen LogP contribution is 2.53. The lowest BCUT2D eigenvalue weighted by atomic mass is 9.82. The van der Waals surface area contributed by atoms with Crippen molar-refractivity contribution >= 4 is 43.6 Å². The smallest absolute Gasteiger partial charge is 0.161 e. The number of rotatable bonds is 6. The van der Waals surface area contributed by atoms with Crippen LogP contribution in [0.4, 0.5) is 0 Å². The lowest BCUT2D eigenvalue weighted by Gasteiger charge is -2.23. The molecule has 0 aliphatic heterocycles. The maximum atomic E-state index is 5.46. The fourth-order valence-electron chi connectivity index (χ4n) is 10.6. The molecule has 1 unspecified atom stereocenters. The lowest BCUT2D eigenvalue weighted by Crippen LogP contribution is -2.15. The zero-order valence-corrected chi connectivity index (χ0v) is 36.0. The van der Waals surface area contributed by atoms with Crippen molar-refractivity contribution in [3.63, 3.8) is 0 Å². The van der Waals surface area contributed by atoms with E-state index in [9.17, 15) is 0 Å². The number of fused-ring (bicyclic) bond motifs is 9. The molecular formula is C59H42N6. The van der Waals surface area contributed by atoms with Gasteiger partial charge in [-0.2, -0.15) is 0 Å². The summed E-state index contributed by atoms with van der Waals surface area (Å²) in [6.07, 6.45) is 13.7. The number of para-hydroxylation sites is 2. The Kier molecular flexibility index (Phi) is 8.28. The second kappa shape index (κ2) is 14.4. The molecule has 0 bridgehead atoms. The Hall–Kier alpha value is -8.22. The minimum Gasteiger partial charge on any atom is -0.293 e. The third kappa shape index (κ3) is 5.73. The Morgan fingerprint density at radius 2 is 0.954 bits per heavy atom. The van der Waals surface area contributed by atoms with Gasteiger partial charge in [-0.1, -0.05) is 166 Å². The first kappa shape index (κ1) is 37.3. The van der Waals surface area contributed by atoms with Gasteiger partial charge in [0.25, 0.3) is 0 Å². The first-order chi connectivity index (χ1) is 32.0. The number of nitrogens with zero attached hydrogens (tertiary/aromatic N) is 6. The molecule has 308 valence electrons. The van der Waals surface area contributed by atoms with E-state index in [0.717, 1.165) is 67.9 Å². The zero-order valence-electron chi connectivity index (χ0n) is 36.0. The summed E-state index contributed by atoms with van der Waals surface area (Å²) >= 11 is 0. The number of allylic oxidation sites excluding steroid dienone is 4. The lowest BCUT2D eigenvalue weighted by molar-refractivity contribution is 0.661. The molecule has 0 amide bonds. The molecular weight excluding hydrogens is 793 g/mol. The van der Waals surface area contributed by atoms with Crippen LogP contribution in [0.25, 0.3) is 100 Å². The summed E-state index contributed by atoms with van der Waals surface area (Å²) in [4.78, 5) is 20.8. The van der Waals surface area contributed by atoms with Crippen molar-refractivity contribution in [1.29, 1.82) is 0 Å². The number of hydrogen-bond donors (Lipinski definition) is 0. The van der Waals surface area contributed by atoms with Crippen LogP contribution in [0.5, 0.6) is 0 Å². The van der Waals surface area contributed by atoms with Gasteiger partial charge in [0.1, 0.15) is 11.6 Å². The molecule has 7 aromatic carbocycles. The predicted molar refractivity (Wildman–Crippen MR) is 266 cm³/mol. The molecule has 6 heteroatoms. The van der Waals surface area contributed by atoms with Crippen LogP contribution in [-0.2, 0) is 5.41 Å². The van der Waals surface area contributed by atoms with Crippen molar-refractivity contribution in [3.05, 3.63) is 217 Å². The third-order valence-corrected chi connectivity index (χ3v) is 13.8. The van der Waals surface area contributed by atoms with Crippen molar-refractivity contribution in [1.82, 2.24) is 29.1 Å². The van der Waals surface area contributed by atoms with Crippen molar-refractivity contribution in [2.24, 2.45) is 0 Å². The molecule has 0 N–H and O–H groups in total. The van der Waals surface area contributed by atoms with Crippen LogP contribution < -0.4 is 0 Å². The molecule has 1 atom stereocenters. The van der Waals surface area contributed by atoms with Gasteiger partial charge in [-0.05, 0) is 70.6 Å². The number of aromatic nitrogens is 6. The monoisotopic (exact) mass is 834 g/mol. The zero-order chi connectivity index (χ0) is 43.2. The largest absolute Gasteiger partial charge is 0.293 e. The predicted octanol–water partition coefficient (Wildman–Crippen LogP) is 14.4. The number of benzene rings is 7. The molecule has 0 saturated heterocycles. The van der Waals surface area contributed by atoms with Crippen LogP contribution in [0, 0.1) is 0 Å². The van der Waals surface area contributed by atoms with E-state index in [2.05, 4.69) is 193 Å². The highest BCUT2D eigenvalue weighted by molar-refractivity contribution is 6.14. The van der Waals surface area contributed by atoms with E-state index in [-0.39, 0.29) is 11.3 Å². The molecule has 0 saturated carbocycles. The van der Waals surface area contributed by atoms with E-state index in [1.807, 2.05) is 30.5 Å². The van der Waals surface area contributed by atoms with Crippen LogP contribution in [0.15, 0.2) is 200 Å². The molecule has 0 fully saturated rings. The highest BCUT2D eigenvalue weighted by atomic mass is 15.1.